The Balaban J connectivity index is 2.44. The molecule has 0 saturated heterocycles. The lowest BCUT2D eigenvalue weighted by atomic mass is 9.97. The summed E-state index contributed by atoms with van der Waals surface area (Å²) in [6.07, 6.45) is 0. The van der Waals surface area contributed by atoms with E-state index in [1.54, 1.807) is 17.8 Å². The maximum atomic E-state index is 12.9. The quantitative estimate of drug-likeness (QED) is 0.748. The standard InChI is InChI=1S/C10H12FNS/c1-6-9(5-12)8-4-7(11)2-3-10(8)13-6/h2-4,6,9H,5,12H2,1H3. The first-order chi connectivity index (χ1) is 6.22. The summed E-state index contributed by atoms with van der Waals surface area (Å²) in [5.41, 5.74) is 6.74. The number of halogens is 1. The SMILES string of the molecule is CC1Sc2ccc(F)cc2C1CN. The Morgan fingerprint density at radius 2 is 2.31 bits per heavy atom. The van der Waals surface area contributed by atoms with Crippen molar-refractivity contribution in [1.82, 2.24) is 0 Å². The highest BCUT2D eigenvalue weighted by molar-refractivity contribution is 8.00. The molecule has 1 aliphatic heterocycles. The van der Waals surface area contributed by atoms with Crippen LogP contribution in [0.25, 0.3) is 0 Å². The second-order valence-corrected chi connectivity index (χ2v) is 4.77. The van der Waals surface area contributed by atoms with Gasteiger partial charge in [0.05, 0.1) is 0 Å². The number of hydrogen-bond acceptors (Lipinski definition) is 2. The van der Waals surface area contributed by atoms with E-state index in [1.165, 1.54) is 11.0 Å². The Morgan fingerprint density at radius 3 is 3.00 bits per heavy atom. The average molecular weight is 197 g/mol. The molecule has 70 valence electrons. The number of hydrogen-bond donors (Lipinski definition) is 1. The highest BCUT2D eigenvalue weighted by Gasteiger charge is 2.29. The van der Waals surface area contributed by atoms with Crippen LogP contribution in [0, 0.1) is 5.82 Å². The third-order valence-electron chi connectivity index (χ3n) is 2.50. The molecule has 1 heterocycles. The summed E-state index contributed by atoms with van der Waals surface area (Å²) in [7, 11) is 0. The van der Waals surface area contributed by atoms with Gasteiger partial charge in [0.2, 0.25) is 0 Å². The van der Waals surface area contributed by atoms with Crippen LogP contribution in [0.15, 0.2) is 23.1 Å². The van der Waals surface area contributed by atoms with Crippen molar-refractivity contribution in [3.05, 3.63) is 29.6 Å². The summed E-state index contributed by atoms with van der Waals surface area (Å²) in [6, 6.07) is 4.97. The molecule has 1 aliphatic rings. The van der Waals surface area contributed by atoms with E-state index in [4.69, 9.17) is 5.73 Å². The van der Waals surface area contributed by atoms with Gasteiger partial charge in [0.1, 0.15) is 5.82 Å². The summed E-state index contributed by atoms with van der Waals surface area (Å²) < 4.78 is 12.9. The second-order valence-electron chi connectivity index (χ2n) is 3.35. The summed E-state index contributed by atoms with van der Waals surface area (Å²) in [6.45, 7) is 2.74. The molecule has 2 N–H and O–H groups in total. The summed E-state index contributed by atoms with van der Waals surface area (Å²) in [5, 5.41) is 0.474. The largest absolute Gasteiger partial charge is 0.330 e. The van der Waals surface area contributed by atoms with E-state index in [9.17, 15) is 4.39 Å². The molecule has 0 saturated carbocycles. The van der Waals surface area contributed by atoms with E-state index < -0.39 is 0 Å². The van der Waals surface area contributed by atoms with Crippen LogP contribution in [0.3, 0.4) is 0 Å². The monoisotopic (exact) mass is 197 g/mol. The Hall–Kier alpha value is -0.540. The molecule has 2 rings (SSSR count). The van der Waals surface area contributed by atoms with Crippen LogP contribution >= 0.6 is 11.8 Å². The Labute approximate surface area is 81.5 Å². The van der Waals surface area contributed by atoms with E-state index in [-0.39, 0.29) is 5.82 Å². The fourth-order valence-corrected chi connectivity index (χ4v) is 3.09. The van der Waals surface area contributed by atoms with Crippen molar-refractivity contribution in [2.75, 3.05) is 6.54 Å². The van der Waals surface area contributed by atoms with Crippen LogP contribution < -0.4 is 5.73 Å². The van der Waals surface area contributed by atoms with E-state index in [0.29, 0.717) is 17.7 Å². The molecule has 1 aromatic rings. The van der Waals surface area contributed by atoms with Gasteiger partial charge in [0.25, 0.3) is 0 Å². The second kappa shape index (κ2) is 3.31. The summed E-state index contributed by atoms with van der Waals surface area (Å²) >= 11 is 1.79. The summed E-state index contributed by atoms with van der Waals surface area (Å²) in [5.74, 6) is 0.155. The first kappa shape index (κ1) is 9.03. The van der Waals surface area contributed by atoms with Gasteiger partial charge in [-0.15, -0.1) is 11.8 Å². The number of fused-ring (bicyclic) bond motifs is 1. The van der Waals surface area contributed by atoms with Gasteiger partial charge in [-0.1, -0.05) is 6.92 Å². The number of benzene rings is 1. The fourth-order valence-electron chi connectivity index (χ4n) is 1.77. The highest BCUT2D eigenvalue weighted by Crippen LogP contribution is 2.44. The molecular weight excluding hydrogens is 185 g/mol. The van der Waals surface area contributed by atoms with Crippen LogP contribution in [0.1, 0.15) is 18.4 Å². The lowest BCUT2D eigenvalue weighted by Gasteiger charge is -2.11. The minimum absolute atomic E-state index is 0.160. The van der Waals surface area contributed by atoms with E-state index in [2.05, 4.69) is 6.92 Å². The molecule has 0 aromatic heterocycles. The number of thioether (sulfide) groups is 1. The van der Waals surface area contributed by atoms with E-state index in [1.807, 2.05) is 6.07 Å². The lowest BCUT2D eigenvalue weighted by Crippen LogP contribution is -2.17. The molecule has 0 amide bonds. The molecule has 0 bridgehead atoms. The van der Waals surface area contributed by atoms with Gasteiger partial charge in [-0.2, -0.15) is 0 Å². The predicted octanol–water partition coefficient (Wildman–Crippen LogP) is 2.36. The highest BCUT2D eigenvalue weighted by atomic mass is 32.2. The van der Waals surface area contributed by atoms with Crippen LogP contribution in [-0.4, -0.2) is 11.8 Å². The van der Waals surface area contributed by atoms with Crippen molar-refractivity contribution >= 4 is 11.8 Å². The normalized spacial score (nSPS) is 26.1. The smallest absolute Gasteiger partial charge is 0.123 e. The Bertz CT molecular complexity index is 327. The zero-order valence-electron chi connectivity index (χ0n) is 7.46. The van der Waals surface area contributed by atoms with E-state index in [0.717, 1.165) is 5.56 Å². The van der Waals surface area contributed by atoms with Crippen molar-refractivity contribution < 1.29 is 4.39 Å². The van der Waals surface area contributed by atoms with Gasteiger partial charge in [-0.3, -0.25) is 0 Å². The van der Waals surface area contributed by atoms with Gasteiger partial charge >= 0.3 is 0 Å². The zero-order valence-corrected chi connectivity index (χ0v) is 8.27. The maximum absolute atomic E-state index is 12.9. The predicted molar refractivity (Wildman–Crippen MR) is 53.5 cm³/mol. The van der Waals surface area contributed by atoms with Gasteiger partial charge in [-0.25, -0.2) is 4.39 Å². The topological polar surface area (TPSA) is 26.0 Å². The van der Waals surface area contributed by atoms with Gasteiger partial charge in [0.15, 0.2) is 0 Å². The molecule has 2 atom stereocenters. The minimum atomic E-state index is -0.160. The third-order valence-corrected chi connectivity index (χ3v) is 3.83. The van der Waals surface area contributed by atoms with Crippen molar-refractivity contribution in [3.63, 3.8) is 0 Å². The van der Waals surface area contributed by atoms with Gasteiger partial charge in [-0.05, 0) is 23.8 Å². The molecule has 1 aromatic carbocycles. The molecule has 0 aliphatic carbocycles. The van der Waals surface area contributed by atoms with Crippen molar-refractivity contribution in [1.29, 1.82) is 0 Å². The molecule has 0 fully saturated rings. The van der Waals surface area contributed by atoms with Crippen molar-refractivity contribution in [2.45, 2.75) is 23.0 Å². The van der Waals surface area contributed by atoms with E-state index >= 15 is 0 Å². The molecule has 0 spiro atoms. The third kappa shape index (κ3) is 1.46. The number of rotatable bonds is 1. The molecule has 3 heteroatoms. The molecule has 1 nitrogen and oxygen atoms in total. The first-order valence-electron chi connectivity index (χ1n) is 4.38. The number of nitrogens with two attached hydrogens (primary N) is 1. The molecular formula is C10H12FNS. The van der Waals surface area contributed by atoms with Crippen LogP contribution in [0.4, 0.5) is 4.39 Å². The van der Waals surface area contributed by atoms with Crippen molar-refractivity contribution in [2.24, 2.45) is 5.73 Å². The van der Waals surface area contributed by atoms with Crippen LogP contribution in [0.2, 0.25) is 0 Å². The zero-order chi connectivity index (χ0) is 9.42. The lowest BCUT2D eigenvalue weighted by molar-refractivity contribution is 0.616. The molecule has 2 unspecified atom stereocenters. The maximum Gasteiger partial charge on any atom is 0.123 e. The minimum Gasteiger partial charge on any atom is -0.330 e. The van der Waals surface area contributed by atoms with Crippen LogP contribution in [-0.2, 0) is 0 Å². The molecule has 13 heavy (non-hydrogen) atoms. The van der Waals surface area contributed by atoms with Gasteiger partial charge in [0, 0.05) is 22.6 Å². The Morgan fingerprint density at radius 1 is 1.54 bits per heavy atom. The fraction of sp³-hybridized carbons (Fsp3) is 0.400. The first-order valence-corrected chi connectivity index (χ1v) is 5.26. The summed E-state index contributed by atoms with van der Waals surface area (Å²) in [4.78, 5) is 1.18. The van der Waals surface area contributed by atoms with Crippen LogP contribution in [0.5, 0.6) is 0 Å². The van der Waals surface area contributed by atoms with Crippen molar-refractivity contribution in [3.8, 4) is 0 Å². The van der Waals surface area contributed by atoms with Gasteiger partial charge < -0.3 is 5.73 Å². The average Bonchev–Trinajstić information content (AvgIpc) is 2.40. The Kier molecular flexibility index (Phi) is 2.30. The molecule has 0 radical (unpaired) electrons.